The average Bonchev–Trinajstić information content (AvgIpc) is 3.36. The summed E-state index contributed by atoms with van der Waals surface area (Å²) in [7, 11) is 0. The van der Waals surface area contributed by atoms with E-state index >= 15 is 0 Å². The molecule has 1 saturated carbocycles. The summed E-state index contributed by atoms with van der Waals surface area (Å²) in [4.78, 5) is 0. The van der Waals surface area contributed by atoms with Crippen molar-refractivity contribution < 1.29 is 9.47 Å². The van der Waals surface area contributed by atoms with Crippen LogP contribution < -0.4 is 9.47 Å². The lowest BCUT2D eigenvalue weighted by Crippen LogP contribution is -2.00. The molecule has 2 aromatic carbocycles. The summed E-state index contributed by atoms with van der Waals surface area (Å²) >= 11 is 0. The maximum atomic E-state index is 9.04. The predicted octanol–water partition coefficient (Wildman–Crippen LogP) is 3.93. The third kappa shape index (κ3) is 3.76. The smallest absolute Gasteiger partial charge is 0.120 e. The second-order valence-electron chi connectivity index (χ2n) is 5.28. The highest BCUT2D eigenvalue weighted by Crippen LogP contribution is 2.30. The van der Waals surface area contributed by atoms with Crippen LogP contribution in [0.4, 0.5) is 0 Å². The van der Waals surface area contributed by atoms with E-state index in [2.05, 4.69) is 6.07 Å². The molecule has 0 spiro atoms. The van der Waals surface area contributed by atoms with Gasteiger partial charge in [0.25, 0.3) is 0 Å². The van der Waals surface area contributed by atoms with Crippen LogP contribution in [0.2, 0.25) is 0 Å². The molecule has 0 heterocycles. The molecule has 0 N–H and O–H groups in total. The molecule has 0 aromatic heterocycles. The Bertz CT molecular complexity index is 639. The van der Waals surface area contributed by atoms with Crippen LogP contribution in [-0.2, 0) is 6.61 Å². The van der Waals surface area contributed by atoms with Crippen LogP contribution in [0.15, 0.2) is 48.5 Å². The van der Waals surface area contributed by atoms with Gasteiger partial charge in [0.2, 0.25) is 0 Å². The molecule has 21 heavy (non-hydrogen) atoms. The molecule has 0 aliphatic heterocycles. The molecule has 0 unspecified atom stereocenters. The summed E-state index contributed by atoms with van der Waals surface area (Å²) in [6.07, 6.45) is 2.58. The van der Waals surface area contributed by atoms with Crippen LogP contribution >= 0.6 is 0 Å². The lowest BCUT2D eigenvalue weighted by Gasteiger charge is -2.09. The minimum atomic E-state index is 0.395. The minimum Gasteiger partial charge on any atom is -0.493 e. The van der Waals surface area contributed by atoms with Crippen molar-refractivity contribution in [2.45, 2.75) is 19.4 Å². The first-order valence-electron chi connectivity index (χ1n) is 7.19. The molecule has 106 valence electrons. The Morgan fingerprint density at radius 2 is 1.62 bits per heavy atom. The average molecular weight is 279 g/mol. The second kappa shape index (κ2) is 6.32. The van der Waals surface area contributed by atoms with Crippen LogP contribution in [0.25, 0.3) is 0 Å². The van der Waals surface area contributed by atoms with Crippen molar-refractivity contribution in [1.29, 1.82) is 5.26 Å². The van der Waals surface area contributed by atoms with Gasteiger partial charge in [0, 0.05) is 5.56 Å². The van der Waals surface area contributed by atoms with Crippen LogP contribution in [0, 0.1) is 17.2 Å². The second-order valence-corrected chi connectivity index (χ2v) is 5.28. The van der Waals surface area contributed by atoms with E-state index in [1.165, 1.54) is 12.8 Å². The maximum Gasteiger partial charge on any atom is 0.120 e. The van der Waals surface area contributed by atoms with Gasteiger partial charge in [-0.05, 0) is 49.1 Å². The van der Waals surface area contributed by atoms with Gasteiger partial charge in [0.05, 0.1) is 18.2 Å². The van der Waals surface area contributed by atoms with Crippen molar-refractivity contribution >= 4 is 0 Å². The molecule has 3 heteroatoms. The van der Waals surface area contributed by atoms with Crippen LogP contribution in [0.1, 0.15) is 24.0 Å². The van der Waals surface area contributed by atoms with Crippen LogP contribution in [0.3, 0.4) is 0 Å². The molecule has 0 radical (unpaired) electrons. The molecular formula is C18H17NO2. The van der Waals surface area contributed by atoms with E-state index in [0.29, 0.717) is 12.2 Å². The van der Waals surface area contributed by atoms with Gasteiger partial charge in [0.15, 0.2) is 0 Å². The molecular weight excluding hydrogens is 262 g/mol. The standard InChI is InChI=1S/C18H17NO2/c19-11-15-3-1-2-4-16(15)13-21-18-9-7-17(8-10-18)20-12-14-5-6-14/h1-4,7-10,14H,5-6,12-13H2. The van der Waals surface area contributed by atoms with Crippen molar-refractivity contribution in [1.82, 2.24) is 0 Å². The molecule has 1 fully saturated rings. The number of benzene rings is 2. The molecule has 0 saturated heterocycles. The predicted molar refractivity (Wildman–Crippen MR) is 80.2 cm³/mol. The van der Waals surface area contributed by atoms with Gasteiger partial charge in [-0.3, -0.25) is 0 Å². The van der Waals surface area contributed by atoms with Gasteiger partial charge in [-0.25, -0.2) is 0 Å². The number of rotatable bonds is 6. The van der Waals surface area contributed by atoms with Crippen LogP contribution in [0.5, 0.6) is 11.5 Å². The maximum absolute atomic E-state index is 9.04. The summed E-state index contributed by atoms with van der Waals surface area (Å²) in [6.45, 7) is 1.21. The fourth-order valence-electron chi connectivity index (χ4n) is 2.05. The number of hydrogen-bond acceptors (Lipinski definition) is 3. The quantitative estimate of drug-likeness (QED) is 0.804. The van der Waals surface area contributed by atoms with Gasteiger partial charge < -0.3 is 9.47 Å². The first-order chi connectivity index (χ1) is 10.3. The Kier molecular flexibility index (Phi) is 4.07. The zero-order valence-corrected chi connectivity index (χ0v) is 11.8. The number of ether oxygens (including phenoxy) is 2. The third-order valence-corrected chi connectivity index (χ3v) is 3.54. The Balaban J connectivity index is 1.56. The van der Waals surface area contributed by atoms with Gasteiger partial charge >= 0.3 is 0 Å². The SMILES string of the molecule is N#Cc1ccccc1COc1ccc(OCC2CC2)cc1. The van der Waals surface area contributed by atoms with Gasteiger partial charge in [-0.1, -0.05) is 18.2 Å². The number of nitriles is 1. The molecule has 3 rings (SSSR count). The molecule has 1 aliphatic carbocycles. The Morgan fingerprint density at radius 1 is 0.952 bits per heavy atom. The molecule has 2 aromatic rings. The largest absolute Gasteiger partial charge is 0.493 e. The summed E-state index contributed by atoms with van der Waals surface area (Å²) < 4.78 is 11.4. The van der Waals surface area contributed by atoms with E-state index in [9.17, 15) is 0 Å². The molecule has 0 bridgehead atoms. The van der Waals surface area contributed by atoms with Crippen molar-refractivity contribution in [3.05, 3.63) is 59.7 Å². The summed E-state index contributed by atoms with van der Waals surface area (Å²) in [5, 5.41) is 9.04. The van der Waals surface area contributed by atoms with E-state index in [4.69, 9.17) is 14.7 Å². The fraction of sp³-hybridized carbons (Fsp3) is 0.278. The van der Waals surface area contributed by atoms with E-state index in [0.717, 1.165) is 29.6 Å². The monoisotopic (exact) mass is 279 g/mol. The van der Waals surface area contributed by atoms with Gasteiger partial charge in [-0.2, -0.15) is 5.26 Å². The minimum absolute atomic E-state index is 0.395. The van der Waals surface area contributed by atoms with Gasteiger partial charge in [0.1, 0.15) is 18.1 Å². The van der Waals surface area contributed by atoms with Crippen LogP contribution in [-0.4, -0.2) is 6.61 Å². The molecule has 0 atom stereocenters. The molecule has 1 aliphatic rings. The van der Waals surface area contributed by atoms with Crippen molar-refractivity contribution in [3.8, 4) is 17.6 Å². The first-order valence-corrected chi connectivity index (χ1v) is 7.19. The van der Waals surface area contributed by atoms with E-state index < -0.39 is 0 Å². The van der Waals surface area contributed by atoms with Crippen molar-refractivity contribution in [2.75, 3.05) is 6.61 Å². The zero-order valence-electron chi connectivity index (χ0n) is 11.8. The van der Waals surface area contributed by atoms with Crippen molar-refractivity contribution in [3.63, 3.8) is 0 Å². The van der Waals surface area contributed by atoms with Gasteiger partial charge in [-0.15, -0.1) is 0 Å². The van der Waals surface area contributed by atoms with E-state index in [1.54, 1.807) is 6.07 Å². The molecule has 0 amide bonds. The zero-order chi connectivity index (χ0) is 14.5. The Labute approximate surface area is 124 Å². The van der Waals surface area contributed by atoms with Crippen molar-refractivity contribution in [2.24, 2.45) is 5.92 Å². The highest BCUT2D eigenvalue weighted by Gasteiger charge is 2.21. The summed E-state index contributed by atoms with van der Waals surface area (Å²) in [6, 6.07) is 17.3. The third-order valence-electron chi connectivity index (χ3n) is 3.54. The van der Waals surface area contributed by atoms with E-state index in [1.807, 2.05) is 42.5 Å². The normalized spacial score (nSPS) is 13.5. The summed E-state index contributed by atoms with van der Waals surface area (Å²) in [5.41, 5.74) is 1.55. The highest BCUT2D eigenvalue weighted by atomic mass is 16.5. The Morgan fingerprint density at radius 3 is 2.29 bits per heavy atom. The fourth-order valence-corrected chi connectivity index (χ4v) is 2.05. The Hall–Kier alpha value is -2.47. The number of nitrogens with zero attached hydrogens (tertiary/aromatic N) is 1. The summed E-state index contributed by atoms with van der Waals surface area (Å²) in [5.74, 6) is 2.41. The topological polar surface area (TPSA) is 42.2 Å². The first kappa shape index (κ1) is 13.5. The molecule has 3 nitrogen and oxygen atoms in total. The van der Waals surface area contributed by atoms with E-state index in [-0.39, 0.29) is 0 Å². The lowest BCUT2D eigenvalue weighted by molar-refractivity contribution is 0.294. The lowest BCUT2D eigenvalue weighted by atomic mass is 10.1. The number of hydrogen-bond donors (Lipinski definition) is 0. The highest BCUT2D eigenvalue weighted by molar-refractivity contribution is 5.37.